The summed E-state index contributed by atoms with van der Waals surface area (Å²) in [6, 6.07) is 14.5. The van der Waals surface area contributed by atoms with Crippen LogP contribution in [0.25, 0.3) is 33.4 Å². The number of phosphoric acid groups is 1. The van der Waals surface area contributed by atoms with E-state index in [1.54, 1.807) is 0 Å². The van der Waals surface area contributed by atoms with Gasteiger partial charge in [-0.25, -0.2) is 22.3 Å². The summed E-state index contributed by atoms with van der Waals surface area (Å²) < 4.78 is 110. The van der Waals surface area contributed by atoms with Crippen molar-refractivity contribution in [2.24, 2.45) is 0 Å². The van der Waals surface area contributed by atoms with E-state index in [4.69, 9.17) is 22.9 Å². The molecule has 0 radical (unpaired) electrons. The molecular formula is C68H107N3O14PS2+. The maximum Gasteiger partial charge on any atom is 0.472 e. The second-order valence-electron chi connectivity index (χ2n) is 22.8. The number of unbranched alkanes of at least 4 members (excludes halogenated alkanes) is 22. The number of nitrogens with zero attached hydrogens (tertiary/aromatic N) is 2. The minimum absolute atomic E-state index is 0.0281. The van der Waals surface area contributed by atoms with Crippen LogP contribution < -0.4 is 19.6 Å². The monoisotopic (exact) mass is 1280 g/mol. The molecule has 3 N–H and O–H groups in total. The molecule has 2 aromatic rings. The largest absolute Gasteiger partial charge is 0.472 e. The summed E-state index contributed by atoms with van der Waals surface area (Å²) in [6.07, 6.45) is 36.9. The summed E-state index contributed by atoms with van der Waals surface area (Å²) in [5.41, 5.74) is 2.27. The number of benzene rings is 3. The van der Waals surface area contributed by atoms with Crippen molar-refractivity contribution in [1.29, 1.82) is 0 Å². The lowest BCUT2D eigenvalue weighted by molar-refractivity contribution is -0.161. The van der Waals surface area contributed by atoms with Crippen LogP contribution in [0.4, 0.5) is 5.69 Å². The average molecular weight is 1290 g/mol. The third-order valence-corrected chi connectivity index (χ3v) is 19.2. The van der Waals surface area contributed by atoms with Crippen LogP contribution >= 0.6 is 7.82 Å². The van der Waals surface area contributed by atoms with Gasteiger partial charge in [-0.2, -0.15) is 8.42 Å². The van der Waals surface area contributed by atoms with E-state index in [0.717, 1.165) is 120 Å². The van der Waals surface area contributed by atoms with Crippen LogP contribution in [-0.2, 0) is 52.8 Å². The fourth-order valence-corrected chi connectivity index (χ4v) is 13.3. The summed E-state index contributed by atoms with van der Waals surface area (Å²) in [5, 5.41) is 1.40. The molecule has 0 aromatic heterocycles. The standard InChI is InChI=1S/C68H106N3O14PS2/c1-7-13-15-17-19-21-23-25-27-29-31-33-35-37-39-41-66(72)81-54-58(84-67(73)42-40-38-36-34-32-30-28-26-24-22-20-18-16-14-8-2)55-83-86(74,75)82-50-49-69-87(76,77)59-45-48-62(65(53-59)88(78,79)80)68-60-46-43-56(70(9-3)10-4)51-63(60)85-64-52-57(44-47-61(64)68)71(11-5)12-6/h25-28,43-48,51-53,58,69H,7-24,29-42,49-50,54-55H2,1-6H3,(H-,74,75,78,79,80)/p+1/t58-/m1/s1. The van der Waals surface area contributed by atoms with Crippen molar-refractivity contribution in [3.05, 3.63) is 84.3 Å². The highest BCUT2D eigenvalue weighted by molar-refractivity contribution is 7.89. The first-order chi connectivity index (χ1) is 42.4. The van der Waals surface area contributed by atoms with Crippen LogP contribution in [-0.4, -0.2) is 96.9 Å². The van der Waals surface area contributed by atoms with Crippen LogP contribution in [0, 0.1) is 0 Å². The van der Waals surface area contributed by atoms with Gasteiger partial charge in [-0.05, 0) is 122 Å². The fraction of sp³-hybridized carbons (Fsp3) is 0.632. The SMILES string of the molecule is CCCCCCCCC=CCCCCCCCC(=O)OC[C@H](COP(=O)(O)OCCNS(=O)(=O)c1ccc(-c2c3ccc(=[N+](CC)CC)cc-3oc3cc(N(CC)CC)ccc23)c(S(=O)(=O)O)c1)OC(=O)CCCCCCCC=CCCCCCCCC. The van der Waals surface area contributed by atoms with Crippen molar-refractivity contribution in [2.75, 3.05) is 57.4 Å². The molecule has 1 aliphatic heterocycles. The normalized spacial score (nSPS) is 13.2. The van der Waals surface area contributed by atoms with E-state index >= 15 is 0 Å². The Morgan fingerprint density at radius 1 is 0.625 bits per heavy atom. The van der Waals surface area contributed by atoms with Gasteiger partial charge in [0.15, 0.2) is 6.10 Å². The van der Waals surface area contributed by atoms with Crippen LogP contribution in [0.1, 0.15) is 221 Å². The summed E-state index contributed by atoms with van der Waals surface area (Å²) in [4.78, 5) is 37.5. The Balaban J connectivity index is 1.36. The first-order valence-electron chi connectivity index (χ1n) is 33.1. The van der Waals surface area contributed by atoms with Gasteiger partial charge in [0.2, 0.25) is 15.4 Å². The Kier molecular flexibility index (Phi) is 36.5. The van der Waals surface area contributed by atoms with Crippen LogP contribution in [0.3, 0.4) is 0 Å². The zero-order valence-corrected chi connectivity index (χ0v) is 56.5. The van der Waals surface area contributed by atoms with E-state index in [9.17, 15) is 40.4 Å². The minimum Gasteiger partial charge on any atom is -0.462 e. The second-order valence-corrected chi connectivity index (χ2v) is 27.4. The topological polar surface area (TPSA) is 228 Å². The first kappa shape index (κ1) is 75.7. The number of allylic oxidation sites excluding steroid dienone is 4. The lowest BCUT2D eigenvalue weighted by Gasteiger charge is -2.22. The molecule has 1 unspecified atom stereocenters. The number of carbonyl (C=O) groups excluding carboxylic acids is 2. The Hall–Kier alpha value is -4.72. The highest BCUT2D eigenvalue weighted by Crippen LogP contribution is 2.45. The van der Waals surface area contributed by atoms with Gasteiger partial charge in [-0.3, -0.25) is 23.2 Å². The Bertz CT molecular complexity index is 3060. The number of ether oxygens (including phenoxy) is 2. The van der Waals surface area contributed by atoms with Crippen molar-refractivity contribution in [2.45, 2.75) is 237 Å². The molecule has 17 nitrogen and oxygen atoms in total. The van der Waals surface area contributed by atoms with Gasteiger partial charge in [0.1, 0.15) is 35.9 Å². The highest BCUT2D eigenvalue weighted by Gasteiger charge is 2.29. The van der Waals surface area contributed by atoms with E-state index in [1.165, 1.54) is 89.2 Å². The molecule has 0 fully saturated rings. The molecule has 0 amide bonds. The van der Waals surface area contributed by atoms with Crippen molar-refractivity contribution < 1.29 is 63.4 Å². The van der Waals surface area contributed by atoms with Crippen molar-refractivity contribution in [3.8, 4) is 22.5 Å². The highest BCUT2D eigenvalue weighted by atomic mass is 32.2. The average Bonchev–Trinajstić information content (AvgIpc) is 0.788. The number of nitrogens with one attached hydrogen (secondary N) is 1. The van der Waals surface area contributed by atoms with Crippen LogP contribution in [0.2, 0.25) is 0 Å². The lowest BCUT2D eigenvalue weighted by Crippen LogP contribution is -2.30. The number of carbonyl (C=O) groups is 2. The molecule has 1 heterocycles. The second kappa shape index (κ2) is 42.4. The third kappa shape index (κ3) is 28.2. The van der Waals surface area contributed by atoms with Gasteiger partial charge in [0, 0.05) is 72.4 Å². The van der Waals surface area contributed by atoms with E-state index < -0.39 is 82.2 Å². The molecule has 4 rings (SSSR count). The molecule has 0 saturated heterocycles. The van der Waals surface area contributed by atoms with Gasteiger partial charge in [-0.1, -0.05) is 147 Å². The maximum atomic E-state index is 13.8. The van der Waals surface area contributed by atoms with Gasteiger partial charge < -0.3 is 23.7 Å². The number of rotatable bonds is 49. The number of anilines is 1. The van der Waals surface area contributed by atoms with Gasteiger partial charge >= 0.3 is 19.8 Å². The maximum absolute atomic E-state index is 13.8. The van der Waals surface area contributed by atoms with E-state index in [2.05, 4.69) is 52.3 Å². The molecule has 20 heteroatoms. The zero-order valence-electron chi connectivity index (χ0n) is 54.0. The molecule has 2 aromatic carbocycles. The molecule has 2 aliphatic rings. The molecular weight excluding hydrogens is 1180 g/mol. The predicted octanol–water partition coefficient (Wildman–Crippen LogP) is 16.1. The molecule has 2 atom stereocenters. The third-order valence-electron chi connectivity index (χ3n) is 15.8. The summed E-state index contributed by atoms with van der Waals surface area (Å²) in [6.45, 7) is 13.1. The Morgan fingerprint density at radius 3 is 1.68 bits per heavy atom. The number of fused-ring (bicyclic) bond motifs is 2. The molecule has 0 bridgehead atoms. The summed E-state index contributed by atoms with van der Waals surface area (Å²) >= 11 is 0. The molecule has 1 aliphatic carbocycles. The molecule has 0 saturated carbocycles. The predicted molar refractivity (Wildman–Crippen MR) is 355 cm³/mol. The quantitative estimate of drug-likeness (QED) is 0.00710. The Labute approximate surface area is 527 Å². The summed E-state index contributed by atoms with van der Waals surface area (Å²) in [5.74, 6) is -0.642. The number of phosphoric ester groups is 1. The fourth-order valence-electron chi connectivity index (χ4n) is 10.8. The van der Waals surface area contributed by atoms with Crippen LogP contribution in [0.15, 0.2) is 93.1 Å². The van der Waals surface area contributed by atoms with Crippen molar-refractivity contribution >= 4 is 56.6 Å². The first-order valence-corrected chi connectivity index (χ1v) is 37.6. The molecule has 494 valence electrons. The smallest absolute Gasteiger partial charge is 0.462 e. The number of hydrogen-bond acceptors (Lipinski definition) is 13. The number of esters is 2. The van der Waals surface area contributed by atoms with Gasteiger partial charge in [0.25, 0.3) is 10.1 Å². The molecule has 88 heavy (non-hydrogen) atoms. The van der Waals surface area contributed by atoms with Crippen LogP contribution in [0.5, 0.6) is 0 Å². The number of sulfonamides is 1. The lowest BCUT2D eigenvalue weighted by atomic mass is 9.93. The minimum atomic E-state index is -5.08. The number of hydrogen-bond donors (Lipinski definition) is 3. The summed E-state index contributed by atoms with van der Waals surface area (Å²) in [7, 11) is -14.6. The van der Waals surface area contributed by atoms with Gasteiger partial charge in [-0.15, -0.1) is 0 Å². The zero-order chi connectivity index (χ0) is 64.1. The van der Waals surface area contributed by atoms with Crippen molar-refractivity contribution in [1.82, 2.24) is 9.30 Å². The van der Waals surface area contributed by atoms with Gasteiger partial charge in [0.05, 0.1) is 24.2 Å². The van der Waals surface area contributed by atoms with E-state index in [1.807, 2.05) is 64.1 Å². The Morgan fingerprint density at radius 2 is 1.15 bits per heavy atom. The molecule has 0 spiro atoms. The van der Waals surface area contributed by atoms with E-state index in [0.29, 0.717) is 40.7 Å². The van der Waals surface area contributed by atoms with E-state index in [-0.39, 0.29) is 18.4 Å². The van der Waals surface area contributed by atoms with Crippen molar-refractivity contribution in [3.63, 3.8) is 0 Å².